The average Bonchev–Trinajstić information content (AvgIpc) is 2.56. The van der Waals surface area contributed by atoms with Crippen LogP contribution in [-0.4, -0.2) is 17.9 Å². The van der Waals surface area contributed by atoms with Crippen LogP contribution in [0.5, 0.6) is 5.75 Å². The number of anilines is 2. The highest BCUT2D eigenvalue weighted by Gasteiger charge is 2.19. The largest absolute Gasteiger partial charge is 0.480 e. The zero-order valence-electron chi connectivity index (χ0n) is 15.1. The first-order valence-electron chi connectivity index (χ1n) is 8.32. The van der Waals surface area contributed by atoms with E-state index in [9.17, 15) is 9.59 Å². The minimum atomic E-state index is -0.591. The SMILES string of the molecule is CCC(Oc1ccccc1C)C(=O)Nc1ccc(C)c(NC(C)=O)c1. The van der Waals surface area contributed by atoms with E-state index in [2.05, 4.69) is 10.6 Å². The average molecular weight is 340 g/mol. The molecule has 2 rings (SSSR count). The van der Waals surface area contributed by atoms with Crippen molar-refractivity contribution in [3.8, 4) is 5.75 Å². The monoisotopic (exact) mass is 340 g/mol. The van der Waals surface area contributed by atoms with Crippen LogP contribution in [0.1, 0.15) is 31.4 Å². The minimum Gasteiger partial charge on any atom is -0.480 e. The van der Waals surface area contributed by atoms with E-state index in [-0.39, 0.29) is 11.8 Å². The maximum Gasteiger partial charge on any atom is 0.265 e. The fourth-order valence-electron chi connectivity index (χ4n) is 2.41. The number of amides is 2. The maximum atomic E-state index is 12.6. The normalized spacial score (nSPS) is 11.5. The molecule has 0 saturated carbocycles. The van der Waals surface area contributed by atoms with Crippen molar-refractivity contribution in [2.24, 2.45) is 0 Å². The summed E-state index contributed by atoms with van der Waals surface area (Å²) < 4.78 is 5.87. The van der Waals surface area contributed by atoms with Gasteiger partial charge < -0.3 is 15.4 Å². The Morgan fingerprint density at radius 1 is 1.04 bits per heavy atom. The van der Waals surface area contributed by atoms with Gasteiger partial charge in [0.25, 0.3) is 5.91 Å². The first kappa shape index (κ1) is 18.5. The first-order chi connectivity index (χ1) is 11.9. The van der Waals surface area contributed by atoms with Crippen LogP contribution >= 0.6 is 0 Å². The summed E-state index contributed by atoms with van der Waals surface area (Å²) >= 11 is 0. The van der Waals surface area contributed by atoms with Crippen molar-refractivity contribution in [2.45, 2.75) is 40.2 Å². The Morgan fingerprint density at radius 2 is 1.76 bits per heavy atom. The molecule has 2 amide bonds. The molecule has 132 valence electrons. The molecule has 0 heterocycles. The molecule has 1 unspecified atom stereocenters. The lowest BCUT2D eigenvalue weighted by Crippen LogP contribution is -2.32. The lowest BCUT2D eigenvalue weighted by Gasteiger charge is -2.19. The molecule has 0 fully saturated rings. The molecule has 2 N–H and O–H groups in total. The van der Waals surface area contributed by atoms with Crippen LogP contribution in [0.4, 0.5) is 11.4 Å². The highest BCUT2D eigenvalue weighted by molar-refractivity contribution is 5.96. The van der Waals surface area contributed by atoms with Crippen LogP contribution in [0.25, 0.3) is 0 Å². The standard InChI is InChI=1S/C20H24N2O3/c1-5-18(25-19-9-7-6-8-14(19)3)20(24)22-16-11-10-13(2)17(12-16)21-15(4)23/h6-12,18H,5H2,1-4H3,(H,21,23)(H,22,24). The second-order valence-electron chi connectivity index (χ2n) is 5.98. The van der Waals surface area contributed by atoms with Gasteiger partial charge in [0.05, 0.1) is 0 Å². The van der Waals surface area contributed by atoms with E-state index < -0.39 is 6.10 Å². The van der Waals surface area contributed by atoms with Gasteiger partial charge in [0.15, 0.2) is 6.10 Å². The Hall–Kier alpha value is -2.82. The molecule has 0 radical (unpaired) electrons. The Labute approximate surface area is 148 Å². The highest BCUT2D eigenvalue weighted by Crippen LogP contribution is 2.22. The van der Waals surface area contributed by atoms with Gasteiger partial charge in [-0.05, 0) is 49.6 Å². The van der Waals surface area contributed by atoms with Crippen LogP contribution in [0, 0.1) is 13.8 Å². The third kappa shape index (κ3) is 5.08. The molecule has 0 aromatic heterocycles. The smallest absolute Gasteiger partial charge is 0.265 e. The van der Waals surface area contributed by atoms with E-state index in [4.69, 9.17) is 4.74 Å². The second kappa shape index (κ2) is 8.33. The fraction of sp³-hybridized carbons (Fsp3) is 0.300. The molecule has 0 aliphatic rings. The number of ether oxygens (including phenoxy) is 1. The van der Waals surface area contributed by atoms with Gasteiger partial charge in [-0.2, -0.15) is 0 Å². The summed E-state index contributed by atoms with van der Waals surface area (Å²) in [5.74, 6) is 0.330. The van der Waals surface area contributed by atoms with Crippen LogP contribution in [0.2, 0.25) is 0 Å². The van der Waals surface area contributed by atoms with Gasteiger partial charge in [-0.25, -0.2) is 0 Å². The summed E-state index contributed by atoms with van der Waals surface area (Å²) in [6, 6.07) is 13.0. The van der Waals surface area contributed by atoms with E-state index in [1.165, 1.54) is 6.92 Å². The molecule has 0 aliphatic carbocycles. The molecular formula is C20H24N2O3. The Kier molecular flexibility index (Phi) is 6.17. The molecule has 2 aromatic carbocycles. The number of benzene rings is 2. The Morgan fingerprint density at radius 3 is 2.40 bits per heavy atom. The molecule has 0 aliphatic heterocycles. The summed E-state index contributed by atoms with van der Waals surface area (Å²) in [6.45, 7) is 7.20. The Balaban J connectivity index is 2.11. The van der Waals surface area contributed by atoms with E-state index in [1.807, 2.05) is 51.1 Å². The third-order valence-electron chi connectivity index (χ3n) is 3.84. The van der Waals surface area contributed by atoms with E-state index >= 15 is 0 Å². The Bertz CT molecular complexity index is 771. The summed E-state index contributed by atoms with van der Waals surface area (Å²) in [5, 5.41) is 5.61. The van der Waals surface area contributed by atoms with E-state index in [0.29, 0.717) is 23.5 Å². The topological polar surface area (TPSA) is 67.4 Å². The van der Waals surface area contributed by atoms with Crippen LogP contribution in [0.3, 0.4) is 0 Å². The number of para-hydroxylation sites is 1. The molecule has 25 heavy (non-hydrogen) atoms. The van der Waals surface area contributed by atoms with Gasteiger partial charge in [-0.15, -0.1) is 0 Å². The molecule has 5 nitrogen and oxygen atoms in total. The van der Waals surface area contributed by atoms with Crippen molar-refractivity contribution >= 4 is 23.2 Å². The van der Waals surface area contributed by atoms with Crippen molar-refractivity contribution in [3.63, 3.8) is 0 Å². The van der Waals surface area contributed by atoms with Gasteiger partial charge in [0.1, 0.15) is 5.75 Å². The van der Waals surface area contributed by atoms with Crippen molar-refractivity contribution in [2.75, 3.05) is 10.6 Å². The van der Waals surface area contributed by atoms with Crippen molar-refractivity contribution in [1.82, 2.24) is 0 Å². The minimum absolute atomic E-state index is 0.152. The number of carbonyl (C=O) groups is 2. The molecule has 0 saturated heterocycles. The summed E-state index contributed by atoms with van der Waals surface area (Å²) in [6.07, 6.45) is -0.0449. The van der Waals surface area contributed by atoms with Crippen molar-refractivity contribution < 1.29 is 14.3 Å². The fourth-order valence-corrected chi connectivity index (χ4v) is 2.41. The van der Waals surface area contributed by atoms with Crippen LogP contribution in [-0.2, 0) is 9.59 Å². The summed E-state index contributed by atoms with van der Waals surface area (Å²) in [7, 11) is 0. The lowest BCUT2D eigenvalue weighted by molar-refractivity contribution is -0.122. The number of hydrogen-bond donors (Lipinski definition) is 2. The van der Waals surface area contributed by atoms with Crippen LogP contribution in [0.15, 0.2) is 42.5 Å². The summed E-state index contributed by atoms with van der Waals surface area (Å²) in [5.41, 5.74) is 3.21. The number of rotatable bonds is 6. The second-order valence-corrected chi connectivity index (χ2v) is 5.98. The van der Waals surface area contributed by atoms with Gasteiger partial charge in [0, 0.05) is 18.3 Å². The zero-order chi connectivity index (χ0) is 18.4. The molecule has 1 atom stereocenters. The molecule has 0 bridgehead atoms. The predicted octanol–water partition coefficient (Wildman–Crippen LogP) is 4.06. The van der Waals surface area contributed by atoms with Gasteiger partial charge >= 0.3 is 0 Å². The maximum absolute atomic E-state index is 12.6. The number of nitrogens with one attached hydrogen (secondary N) is 2. The van der Waals surface area contributed by atoms with E-state index in [0.717, 1.165) is 11.1 Å². The number of hydrogen-bond acceptors (Lipinski definition) is 3. The molecular weight excluding hydrogens is 316 g/mol. The molecule has 5 heteroatoms. The lowest BCUT2D eigenvalue weighted by atomic mass is 10.1. The highest BCUT2D eigenvalue weighted by atomic mass is 16.5. The van der Waals surface area contributed by atoms with Gasteiger partial charge in [-0.1, -0.05) is 31.2 Å². The molecule has 2 aromatic rings. The van der Waals surface area contributed by atoms with Gasteiger partial charge in [-0.3, -0.25) is 9.59 Å². The van der Waals surface area contributed by atoms with Crippen molar-refractivity contribution in [1.29, 1.82) is 0 Å². The quantitative estimate of drug-likeness (QED) is 0.833. The summed E-state index contributed by atoms with van der Waals surface area (Å²) in [4.78, 5) is 23.8. The van der Waals surface area contributed by atoms with Crippen molar-refractivity contribution in [3.05, 3.63) is 53.6 Å². The number of aryl methyl sites for hydroxylation is 2. The molecule has 0 spiro atoms. The van der Waals surface area contributed by atoms with Gasteiger partial charge in [0.2, 0.25) is 5.91 Å². The third-order valence-corrected chi connectivity index (χ3v) is 3.84. The van der Waals surface area contributed by atoms with Crippen LogP contribution < -0.4 is 15.4 Å². The zero-order valence-corrected chi connectivity index (χ0v) is 15.1. The predicted molar refractivity (Wildman–Crippen MR) is 100.0 cm³/mol. The first-order valence-corrected chi connectivity index (χ1v) is 8.32. The number of carbonyl (C=O) groups excluding carboxylic acids is 2. The van der Waals surface area contributed by atoms with E-state index in [1.54, 1.807) is 12.1 Å².